The summed E-state index contributed by atoms with van der Waals surface area (Å²) >= 11 is 3.75. The normalized spacial score (nSPS) is 14.7. The Bertz CT molecular complexity index is 439. The zero-order valence-corrected chi connectivity index (χ0v) is 15.2. The average molecular weight is 353 g/mol. The number of halogens is 1. The summed E-state index contributed by atoms with van der Waals surface area (Å²) in [7, 11) is 0. The molecule has 0 atom stereocenters. The molecule has 0 spiro atoms. The van der Waals surface area contributed by atoms with Crippen LogP contribution in [0, 0.1) is 5.92 Å². The van der Waals surface area contributed by atoms with E-state index in [2.05, 4.69) is 65.1 Å². The smallest absolute Gasteiger partial charge is 0.0377 e. The molecule has 0 bridgehead atoms. The van der Waals surface area contributed by atoms with Crippen LogP contribution in [0.25, 0.3) is 0 Å². The fourth-order valence-corrected chi connectivity index (χ4v) is 3.20. The minimum Gasteiger partial charge on any atom is -0.372 e. The van der Waals surface area contributed by atoms with E-state index >= 15 is 0 Å². The number of hydrogen-bond acceptors (Lipinski definition) is 2. The molecule has 118 valence electrons. The van der Waals surface area contributed by atoms with Crippen LogP contribution >= 0.6 is 15.9 Å². The maximum absolute atomic E-state index is 3.75. The average Bonchev–Trinajstić information content (AvgIpc) is 3.32. The van der Waals surface area contributed by atoms with Gasteiger partial charge in [-0.1, -0.05) is 48.7 Å². The minimum absolute atomic E-state index is 0.763. The van der Waals surface area contributed by atoms with Crippen LogP contribution in [0.2, 0.25) is 0 Å². The van der Waals surface area contributed by atoms with E-state index in [0.717, 1.165) is 31.6 Å². The predicted octanol–water partition coefficient (Wildman–Crippen LogP) is 4.96. The van der Waals surface area contributed by atoms with Gasteiger partial charge in [0.25, 0.3) is 0 Å². The van der Waals surface area contributed by atoms with Crippen molar-refractivity contribution in [2.45, 2.75) is 59.0 Å². The molecule has 0 heterocycles. The molecular formula is C18H29BrN2. The van der Waals surface area contributed by atoms with Gasteiger partial charge in [0, 0.05) is 35.8 Å². The molecule has 0 saturated heterocycles. The first-order valence-electron chi connectivity index (χ1n) is 8.44. The maximum Gasteiger partial charge on any atom is 0.0377 e. The van der Waals surface area contributed by atoms with Crippen LogP contribution in [0.3, 0.4) is 0 Å². The van der Waals surface area contributed by atoms with Crippen molar-refractivity contribution in [3.05, 3.63) is 28.2 Å². The number of benzene rings is 1. The van der Waals surface area contributed by atoms with Crippen LogP contribution in [0.5, 0.6) is 0 Å². The Kier molecular flexibility index (Phi) is 6.56. The van der Waals surface area contributed by atoms with E-state index in [-0.39, 0.29) is 0 Å². The zero-order valence-electron chi connectivity index (χ0n) is 13.7. The summed E-state index contributed by atoms with van der Waals surface area (Å²) in [6.07, 6.45) is 5.21. The van der Waals surface area contributed by atoms with Crippen molar-refractivity contribution in [1.82, 2.24) is 5.32 Å². The second-order valence-electron chi connectivity index (χ2n) is 6.15. The van der Waals surface area contributed by atoms with Gasteiger partial charge in [0.15, 0.2) is 0 Å². The molecule has 1 saturated carbocycles. The second kappa shape index (κ2) is 8.19. The highest BCUT2D eigenvalue weighted by molar-refractivity contribution is 9.10. The summed E-state index contributed by atoms with van der Waals surface area (Å²) in [6.45, 7) is 10.1. The Morgan fingerprint density at radius 2 is 1.95 bits per heavy atom. The molecule has 0 unspecified atom stereocenters. The molecule has 2 rings (SSSR count). The van der Waals surface area contributed by atoms with Crippen LogP contribution in [0.1, 0.15) is 52.0 Å². The molecule has 2 nitrogen and oxygen atoms in total. The van der Waals surface area contributed by atoms with Crippen molar-refractivity contribution in [2.75, 3.05) is 18.0 Å². The van der Waals surface area contributed by atoms with Crippen molar-refractivity contribution >= 4 is 21.6 Å². The second-order valence-corrected chi connectivity index (χ2v) is 7.01. The molecule has 1 fully saturated rings. The minimum atomic E-state index is 0.763. The first-order chi connectivity index (χ1) is 10.2. The van der Waals surface area contributed by atoms with Gasteiger partial charge in [0.1, 0.15) is 0 Å². The van der Waals surface area contributed by atoms with Crippen molar-refractivity contribution in [2.24, 2.45) is 5.92 Å². The predicted molar refractivity (Wildman–Crippen MR) is 96.0 cm³/mol. The van der Waals surface area contributed by atoms with Gasteiger partial charge in [0.2, 0.25) is 0 Å². The van der Waals surface area contributed by atoms with E-state index < -0.39 is 0 Å². The van der Waals surface area contributed by atoms with Crippen LogP contribution in [-0.2, 0) is 6.54 Å². The van der Waals surface area contributed by atoms with Crippen molar-refractivity contribution in [3.8, 4) is 0 Å². The Morgan fingerprint density at radius 3 is 2.48 bits per heavy atom. The third-order valence-corrected chi connectivity index (χ3v) is 5.31. The highest BCUT2D eigenvalue weighted by Crippen LogP contribution is 2.27. The molecule has 0 aromatic heterocycles. The molecule has 0 radical (unpaired) electrons. The van der Waals surface area contributed by atoms with Crippen LogP contribution in [0.15, 0.2) is 22.7 Å². The van der Waals surface area contributed by atoms with Gasteiger partial charge in [-0.3, -0.25) is 0 Å². The van der Waals surface area contributed by atoms with Crippen LogP contribution < -0.4 is 10.2 Å². The van der Waals surface area contributed by atoms with Crippen molar-refractivity contribution in [3.63, 3.8) is 0 Å². The summed E-state index contributed by atoms with van der Waals surface area (Å²) in [5.41, 5.74) is 2.70. The van der Waals surface area contributed by atoms with E-state index in [4.69, 9.17) is 0 Å². The van der Waals surface area contributed by atoms with Gasteiger partial charge in [-0.15, -0.1) is 0 Å². The summed E-state index contributed by atoms with van der Waals surface area (Å²) in [6, 6.07) is 7.60. The monoisotopic (exact) mass is 352 g/mol. The molecule has 0 amide bonds. The van der Waals surface area contributed by atoms with Gasteiger partial charge in [0.05, 0.1) is 0 Å². The molecule has 21 heavy (non-hydrogen) atoms. The van der Waals surface area contributed by atoms with Gasteiger partial charge in [-0.05, 0) is 43.4 Å². The van der Waals surface area contributed by atoms with Crippen LogP contribution in [0.4, 0.5) is 5.69 Å². The van der Waals surface area contributed by atoms with Crippen LogP contribution in [-0.4, -0.2) is 19.1 Å². The third-order valence-electron chi connectivity index (χ3n) is 4.58. The van der Waals surface area contributed by atoms with Gasteiger partial charge in [-0.2, -0.15) is 0 Å². The zero-order chi connectivity index (χ0) is 15.2. The van der Waals surface area contributed by atoms with Gasteiger partial charge < -0.3 is 10.2 Å². The quantitative estimate of drug-likeness (QED) is 0.675. The fraction of sp³-hybridized carbons (Fsp3) is 0.667. The molecule has 1 aliphatic rings. The highest BCUT2D eigenvalue weighted by atomic mass is 79.9. The van der Waals surface area contributed by atoms with E-state index in [0.29, 0.717) is 0 Å². The molecule has 0 aliphatic heterocycles. The van der Waals surface area contributed by atoms with E-state index in [1.807, 2.05) is 0 Å². The molecular weight excluding hydrogens is 324 g/mol. The summed E-state index contributed by atoms with van der Waals surface area (Å²) < 4.78 is 1.23. The lowest BCUT2D eigenvalue weighted by Crippen LogP contribution is -2.29. The number of anilines is 1. The molecule has 1 aliphatic carbocycles. The van der Waals surface area contributed by atoms with Crippen molar-refractivity contribution in [1.29, 1.82) is 0 Å². The molecule has 1 N–H and O–H groups in total. The lowest BCUT2D eigenvalue weighted by atomic mass is 10.0. The standard InChI is InChI=1S/C18H29BrN2/c1-4-14(5-2)13-21(6-3)17-10-7-15(18(19)11-17)12-20-16-8-9-16/h7,10-11,14,16,20H,4-6,8-9,12-13H2,1-3H3. The van der Waals surface area contributed by atoms with Gasteiger partial charge >= 0.3 is 0 Å². The SMILES string of the molecule is CCC(CC)CN(CC)c1ccc(CNC2CC2)c(Br)c1. The van der Waals surface area contributed by atoms with Crippen molar-refractivity contribution < 1.29 is 0 Å². The topological polar surface area (TPSA) is 15.3 Å². The summed E-state index contributed by atoms with van der Waals surface area (Å²) in [5, 5.41) is 3.58. The van der Waals surface area contributed by atoms with E-state index in [1.54, 1.807) is 0 Å². The third kappa shape index (κ3) is 5.00. The molecule has 3 heteroatoms. The van der Waals surface area contributed by atoms with E-state index in [9.17, 15) is 0 Å². The largest absolute Gasteiger partial charge is 0.372 e. The summed E-state index contributed by atoms with van der Waals surface area (Å²) in [4.78, 5) is 2.50. The highest BCUT2D eigenvalue weighted by Gasteiger charge is 2.20. The lowest BCUT2D eigenvalue weighted by Gasteiger charge is -2.28. The Balaban J connectivity index is 2.01. The first kappa shape index (κ1) is 16.8. The van der Waals surface area contributed by atoms with Gasteiger partial charge in [-0.25, -0.2) is 0 Å². The van der Waals surface area contributed by atoms with E-state index in [1.165, 1.54) is 41.4 Å². The Labute approximate surface area is 138 Å². The fourth-order valence-electron chi connectivity index (χ4n) is 2.69. The molecule has 1 aromatic carbocycles. The lowest BCUT2D eigenvalue weighted by molar-refractivity contribution is 0.486. The number of nitrogens with one attached hydrogen (secondary N) is 1. The Morgan fingerprint density at radius 1 is 1.24 bits per heavy atom. The Hall–Kier alpha value is -0.540. The first-order valence-corrected chi connectivity index (χ1v) is 9.23. The number of hydrogen-bond donors (Lipinski definition) is 1. The number of rotatable bonds is 9. The summed E-state index contributed by atoms with van der Waals surface area (Å²) in [5.74, 6) is 0.792. The number of nitrogens with zero attached hydrogens (tertiary/aromatic N) is 1. The maximum atomic E-state index is 3.75. The molecule has 1 aromatic rings.